The minimum Gasteiger partial charge on any atom is -0.384 e. The molecule has 1 aromatic heterocycles. The summed E-state index contributed by atoms with van der Waals surface area (Å²) in [5, 5.41) is 8.68. The Morgan fingerprint density at radius 2 is 2.06 bits per heavy atom. The molecule has 0 aliphatic heterocycles. The smallest absolute Gasteiger partial charge is 0.0872 e. The van der Waals surface area contributed by atoms with E-state index in [1.807, 2.05) is 0 Å². The molecular formula is C13H24N4O. The fourth-order valence-electron chi connectivity index (χ4n) is 2.75. The Balaban J connectivity index is 2.16. The summed E-state index contributed by atoms with van der Waals surface area (Å²) in [6.07, 6.45) is 8.12. The number of hydrogen-bond donors (Lipinski definition) is 1. The van der Waals surface area contributed by atoms with E-state index in [0.717, 1.165) is 25.1 Å². The van der Waals surface area contributed by atoms with Crippen molar-refractivity contribution in [3.63, 3.8) is 0 Å². The van der Waals surface area contributed by atoms with Gasteiger partial charge in [0, 0.05) is 20.0 Å². The molecule has 0 aromatic carbocycles. The maximum absolute atomic E-state index is 5.64. The van der Waals surface area contributed by atoms with E-state index in [-0.39, 0.29) is 0 Å². The van der Waals surface area contributed by atoms with Gasteiger partial charge < -0.3 is 10.5 Å². The van der Waals surface area contributed by atoms with Gasteiger partial charge >= 0.3 is 0 Å². The lowest BCUT2D eigenvalue weighted by molar-refractivity contribution is 0.198. The van der Waals surface area contributed by atoms with Crippen LogP contribution in [0, 0.1) is 0 Å². The summed E-state index contributed by atoms with van der Waals surface area (Å²) < 4.78 is 7.33. The van der Waals surface area contributed by atoms with Gasteiger partial charge in [-0.05, 0) is 19.4 Å². The average molecular weight is 252 g/mol. The highest BCUT2D eigenvalue weighted by Crippen LogP contribution is 2.29. The van der Waals surface area contributed by atoms with Crippen LogP contribution in [0.25, 0.3) is 0 Å². The third kappa shape index (κ3) is 3.09. The third-order valence-corrected chi connectivity index (χ3v) is 3.72. The van der Waals surface area contributed by atoms with Crippen LogP contribution in [0.15, 0.2) is 0 Å². The van der Waals surface area contributed by atoms with E-state index in [2.05, 4.69) is 15.0 Å². The molecule has 5 nitrogen and oxygen atoms in total. The molecule has 2 rings (SSSR count). The van der Waals surface area contributed by atoms with E-state index in [4.69, 9.17) is 10.5 Å². The summed E-state index contributed by atoms with van der Waals surface area (Å²) >= 11 is 0. The molecule has 0 radical (unpaired) electrons. The fourth-order valence-corrected chi connectivity index (χ4v) is 2.75. The first-order chi connectivity index (χ1) is 8.86. The predicted molar refractivity (Wildman–Crippen MR) is 70.5 cm³/mol. The van der Waals surface area contributed by atoms with E-state index in [0.29, 0.717) is 12.6 Å². The van der Waals surface area contributed by atoms with Gasteiger partial charge in [-0.3, -0.25) is 0 Å². The molecule has 1 fully saturated rings. The second-order valence-electron chi connectivity index (χ2n) is 5.00. The molecule has 1 aromatic rings. The first kappa shape index (κ1) is 13.5. The first-order valence-electron chi connectivity index (χ1n) is 6.98. The Morgan fingerprint density at radius 1 is 1.28 bits per heavy atom. The molecule has 1 heterocycles. The number of nitrogens with zero attached hydrogens (tertiary/aromatic N) is 3. The predicted octanol–water partition coefficient (Wildman–Crippen LogP) is 1.47. The van der Waals surface area contributed by atoms with Crippen LogP contribution in [0.1, 0.15) is 49.5 Å². The van der Waals surface area contributed by atoms with Crippen LogP contribution in [0.3, 0.4) is 0 Å². The van der Waals surface area contributed by atoms with Crippen molar-refractivity contribution < 1.29 is 4.74 Å². The number of hydrogen-bond acceptors (Lipinski definition) is 4. The lowest BCUT2D eigenvalue weighted by Gasteiger charge is -2.23. The van der Waals surface area contributed by atoms with Crippen molar-refractivity contribution in [2.75, 3.05) is 20.3 Å². The number of aromatic nitrogens is 3. The zero-order chi connectivity index (χ0) is 12.8. The Kier molecular flexibility index (Phi) is 5.13. The largest absolute Gasteiger partial charge is 0.384 e. The van der Waals surface area contributed by atoms with Gasteiger partial charge in [0.1, 0.15) is 0 Å². The first-order valence-corrected chi connectivity index (χ1v) is 6.98. The molecule has 102 valence electrons. The van der Waals surface area contributed by atoms with E-state index in [1.165, 1.54) is 37.8 Å². The van der Waals surface area contributed by atoms with Crippen LogP contribution in [0.4, 0.5) is 0 Å². The molecule has 2 N–H and O–H groups in total. The molecule has 0 bridgehead atoms. The summed E-state index contributed by atoms with van der Waals surface area (Å²) in [6, 6.07) is 0.532. The lowest BCUT2D eigenvalue weighted by Crippen LogP contribution is -2.18. The highest BCUT2D eigenvalue weighted by atomic mass is 16.5. The number of rotatable bonds is 6. The Morgan fingerprint density at radius 3 is 2.72 bits per heavy atom. The van der Waals surface area contributed by atoms with Gasteiger partial charge in [0.2, 0.25) is 0 Å². The van der Waals surface area contributed by atoms with Crippen LogP contribution in [0.5, 0.6) is 0 Å². The average Bonchev–Trinajstić information content (AvgIpc) is 2.81. The van der Waals surface area contributed by atoms with Crippen molar-refractivity contribution in [2.45, 2.75) is 51.0 Å². The van der Waals surface area contributed by atoms with Gasteiger partial charge in [0.05, 0.1) is 24.0 Å². The van der Waals surface area contributed by atoms with Crippen LogP contribution in [-0.2, 0) is 17.6 Å². The zero-order valence-corrected chi connectivity index (χ0v) is 11.3. The van der Waals surface area contributed by atoms with Gasteiger partial charge in [0.15, 0.2) is 0 Å². The van der Waals surface area contributed by atoms with Gasteiger partial charge in [-0.25, -0.2) is 4.68 Å². The quantitative estimate of drug-likeness (QED) is 0.832. The molecule has 0 amide bonds. The number of ether oxygens (including phenoxy) is 1. The molecule has 0 spiro atoms. The Labute approximate surface area is 109 Å². The summed E-state index contributed by atoms with van der Waals surface area (Å²) in [7, 11) is 1.73. The molecule has 0 unspecified atom stereocenters. The third-order valence-electron chi connectivity index (χ3n) is 3.72. The summed E-state index contributed by atoms with van der Waals surface area (Å²) in [5.41, 5.74) is 7.92. The van der Waals surface area contributed by atoms with Crippen molar-refractivity contribution in [3.8, 4) is 0 Å². The number of nitrogens with two attached hydrogens (primary N) is 1. The highest BCUT2D eigenvalue weighted by Gasteiger charge is 2.21. The van der Waals surface area contributed by atoms with Crippen LogP contribution >= 0.6 is 0 Å². The topological polar surface area (TPSA) is 66.0 Å². The molecule has 0 saturated heterocycles. The fraction of sp³-hybridized carbons (Fsp3) is 0.846. The number of methoxy groups -OCH3 is 1. The molecule has 0 atom stereocenters. The Hall–Kier alpha value is -0.940. The summed E-state index contributed by atoms with van der Waals surface area (Å²) in [4.78, 5) is 0. The standard InChI is InChI=1S/C13H24N4O/c1-18-10-8-13-12(7-9-14)15-16-17(13)11-5-3-2-4-6-11/h11H,2-10,14H2,1H3. The van der Waals surface area contributed by atoms with Gasteiger partial charge in [0.25, 0.3) is 0 Å². The lowest BCUT2D eigenvalue weighted by atomic mass is 9.95. The Bertz CT molecular complexity index is 358. The molecule has 1 saturated carbocycles. The van der Waals surface area contributed by atoms with Crippen molar-refractivity contribution in [1.29, 1.82) is 0 Å². The summed E-state index contributed by atoms with van der Waals surface area (Å²) in [6.45, 7) is 1.35. The van der Waals surface area contributed by atoms with E-state index < -0.39 is 0 Å². The molecule has 18 heavy (non-hydrogen) atoms. The van der Waals surface area contributed by atoms with Gasteiger partial charge in [-0.1, -0.05) is 24.5 Å². The zero-order valence-electron chi connectivity index (χ0n) is 11.3. The second-order valence-corrected chi connectivity index (χ2v) is 5.00. The van der Waals surface area contributed by atoms with E-state index in [9.17, 15) is 0 Å². The maximum Gasteiger partial charge on any atom is 0.0872 e. The molecule has 1 aliphatic rings. The van der Waals surface area contributed by atoms with Crippen LogP contribution in [0.2, 0.25) is 0 Å². The van der Waals surface area contributed by atoms with Crippen LogP contribution in [-0.4, -0.2) is 35.3 Å². The normalized spacial score (nSPS) is 17.2. The summed E-state index contributed by atoms with van der Waals surface area (Å²) in [5.74, 6) is 0. The van der Waals surface area contributed by atoms with E-state index >= 15 is 0 Å². The maximum atomic E-state index is 5.64. The molecule has 1 aliphatic carbocycles. The van der Waals surface area contributed by atoms with Crippen molar-refractivity contribution in [3.05, 3.63) is 11.4 Å². The van der Waals surface area contributed by atoms with Gasteiger partial charge in [-0.15, -0.1) is 5.10 Å². The van der Waals surface area contributed by atoms with Crippen molar-refractivity contribution in [2.24, 2.45) is 5.73 Å². The van der Waals surface area contributed by atoms with E-state index in [1.54, 1.807) is 7.11 Å². The van der Waals surface area contributed by atoms with Crippen molar-refractivity contribution >= 4 is 0 Å². The van der Waals surface area contributed by atoms with Crippen LogP contribution < -0.4 is 5.73 Å². The second kappa shape index (κ2) is 6.85. The molecule has 5 heteroatoms. The monoisotopic (exact) mass is 252 g/mol. The molecular weight excluding hydrogens is 228 g/mol. The minimum atomic E-state index is 0.532. The minimum absolute atomic E-state index is 0.532. The SMILES string of the molecule is COCCc1c(CCN)nnn1C1CCCCC1. The highest BCUT2D eigenvalue weighted by molar-refractivity contribution is 5.12. The van der Waals surface area contributed by atoms with Crippen molar-refractivity contribution in [1.82, 2.24) is 15.0 Å². The van der Waals surface area contributed by atoms with Gasteiger partial charge in [-0.2, -0.15) is 0 Å².